The van der Waals surface area contributed by atoms with E-state index in [1.165, 1.54) is 40.4 Å². The number of aromatic nitrogens is 4. The molecular weight excluding hydrogens is 733 g/mol. The molecule has 0 saturated carbocycles. The predicted octanol–water partition coefficient (Wildman–Crippen LogP) is 9.19. The molecule has 0 bridgehead atoms. The van der Waals surface area contributed by atoms with Crippen molar-refractivity contribution in [3.05, 3.63) is 155 Å². The van der Waals surface area contributed by atoms with Gasteiger partial charge in [0.15, 0.2) is 15.3 Å². The molecule has 0 radical (unpaired) electrons. The van der Waals surface area contributed by atoms with Gasteiger partial charge in [0.05, 0.1) is 27.3 Å². The highest BCUT2D eigenvalue weighted by atomic mass is 32.2. The third-order valence-electron chi connectivity index (χ3n) is 8.75. The summed E-state index contributed by atoms with van der Waals surface area (Å²) in [6, 6.07) is 41.1. The van der Waals surface area contributed by atoms with E-state index in [1.54, 1.807) is 0 Å². The van der Waals surface area contributed by atoms with Crippen molar-refractivity contribution in [2.24, 2.45) is 0 Å². The summed E-state index contributed by atoms with van der Waals surface area (Å²) in [5.74, 6) is 1.36. The van der Waals surface area contributed by atoms with Gasteiger partial charge < -0.3 is 15.4 Å². The van der Waals surface area contributed by atoms with Crippen molar-refractivity contribution in [2.45, 2.75) is 48.2 Å². The number of carbonyl (C=O) groups excluding carboxylic acids is 2. The van der Waals surface area contributed by atoms with Crippen molar-refractivity contribution in [2.75, 3.05) is 11.1 Å². The molecule has 7 rings (SSSR count). The number of hydrogen-bond donors (Lipinski definition) is 2. The first-order chi connectivity index (χ1) is 26.3. The van der Waals surface area contributed by atoms with Crippen molar-refractivity contribution in [3.63, 3.8) is 0 Å². The number of para-hydroxylation sites is 1. The highest BCUT2D eigenvalue weighted by Gasteiger charge is 2.22. The summed E-state index contributed by atoms with van der Waals surface area (Å²) < 4.78 is 9.74. The topological polar surface area (TPSA) is 111 Å². The smallest absolute Gasteiger partial charge is 0.237 e. The Bertz CT molecular complexity index is 2330. The molecule has 2 aromatic heterocycles. The molecule has 0 aliphatic heterocycles. The van der Waals surface area contributed by atoms with Crippen LogP contribution < -0.4 is 15.4 Å². The Morgan fingerprint density at radius 1 is 0.815 bits per heavy atom. The zero-order chi connectivity index (χ0) is 37.4. The standard InChI is InChI=1S/C42H38N6O3S3/c1-27-19-21-34(23-28(27)2)51-25-37-46-47-41(48(37)33-17-11-6-12-18-33)53-29(3)40(50)43-32-20-22-35-36(24-32)54-42(44-35)52-26-38(49)45-39(30-13-7-4-8-14-30)31-15-9-5-10-16-31/h4-24,29,39H,25-26H2,1-3H3,(H,43,50)(H,45,49)/t29-/m0/s1. The number of amides is 2. The summed E-state index contributed by atoms with van der Waals surface area (Å²) >= 11 is 4.22. The van der Waals surface area contributed by atoms with Crippen molar-refractivity contribution in [1.29, 1.82) is 0 Å². The maximum atomic E-state index is 13.5. The summed E-state index contributed by atoms with van der Waals surface area (Å²) in [7, 11) is 0. The van der Waals surface area contributed by atoms with Crippen molar-refractivity contribution < 1.29 is 14.3 Å². The fraction of sp³-hybridized carbons (Fsp3) is 0.167. The summed E-state index contributed by atoms with van der Waals surface area (Å²) in [5, 5.41) is 15.3. The number of ether oxygens (including phenoxy) is 1. The van der Waals surface area contributed by atoms with Crippen LogP contribution in [0.4, 0.5) is 5.69 Å². The van der Waals surface area contributed by atoms with Gasteiger partial charge in [-0.3, -0.25) is 14.2 Å². The van der Waals surface area contributed by atoms with Crippen LogP contribution in [0.2, 0.25) is 0 Å². The van der Waals surface area contributed by atoms with Gasteiger partial charge in [0, 0.05) is 11.4 Å². The molecule has 0 aliphatic rings. The molecule has 2 N–H and O–H groups in total. The van der Waals surface area contributed by atoms with E-state index in [0.717, 1.165) is 42.7 Å². The van der Waals surface area contributed by atoms with E-state index in [4.69, 9.17) is 9.72 Å². The molecular formula is C42H38N6O3S3. The molecule has 0 spiro atoms. The normalized spacial score (nSPS) is 11.8. The largest absolute Gasteiger partial charge is 0.486 e. The lowest BCUT2D eigenvalue weighted by molar-refractivity contribution is -0.119. The van der Waals surface area contributed by atoms with Crippen LogP contribution >= 0.6 is 34.9 Å². The number of anilines is 1. The van der Waals surface area contributed by atoms with Crippen LogP contribution in [0.3, 0.4) is 0 Å². The van der Waals surface area contributed by atoms with Gasteiger partial charge >= 0.3 is 0 Å². The van der Waals surface area contributed by atoms with Gasteiger partial charge in [0.1, 0.15) is 12.4 Å². The molecule has 9 nitrogen and oxygen atoms in total. The Hall–Kier alpha value is -5.43. The van der Waals surface area contributed by atoms with Gasteiger partial charge in [-0.25, -0.2) is 4.98 Å². The Morgan fingerprint density at radius 3 is 2.19 bits per heavy atom. The quantitative estimate of drug-likeness (QED) is 0.105. The third kappa shape index (κ3) is 9.02. The molecule has 54 heavy (non-hydrogen) atoms. The molecule has 0 fully saturated rings. The van der Waals surface area contributed by atoms with Gasteiger partial charge in [-0.15, -0.1) is 21.5 Å². The Labute approximate surface area is 326 Å². The van der Waals surface area contributed by atoms with Crippen LogP contribution in [-0.2, 0) is 16.2 Å². The molecule has 272 valence electrons. The number of carbonyl (C=O) groups is 2. The fourth-order valence-electron chi connectivity index (χ4n) is 5.74. The minimum absolute atomic E-state index is 0.0829. The van der Waals surface area contributed by atoms with Gasteiger partial charge in [0.25, 0.3) is 0 Å². The monoisotopic (exact) mass is 770 g/mol. The number of hydrogen-bond acceptors (Lipinski definition) is 9. The van der Waals surface area contributed by atoms with E-state index in [0.29, 0.717) is 16.7 Å². The van der Waals surface area contributed by atoms with Crippen LogP contribution in [0.1, 0.15) is 41.0 Å². The Balaban J connectivity index is 0.983. The lowest BCUT2D eigenvalue weighted by Gasteiger charge is -2.19. The number of nitrogens with one attached hydrogen (secondary N) is 2. The number of thiazole rings is 1. The highest BCUT2D eigenvalue weighted by molar-refractivity contribution is 8.01. The van der Waals surface area contributed by atoms with E-state index < -0.39 is 5.25 Å². The van der Waals surface area contributed by atoms with Crippen LogP contribution in [-0.4, -0.2) is 42.6 Å². The summed E-state index contributed by atoms with van der Waals surface area (Å²) in [4.78, 5) is 31.4. The second kappa shape index (κ2) is 17.1. The minimum atomic E-state index is -0.484. The molecule has 0 aliphatic carbocycles. The average molecular weight is 771 g/mol. The van der Waals surface area contributed by atoms with Gasteiger partial charge in [0.2, 0.25) is 11.8 Å². The second-order valence-corrected chi connectivity index (χ2v) is 16.2. The summed E-state index contributed by atoms with van der Waals surface area (Å²) in [6.07, 6.45) is 0. The highest BCUT2D eigenvalue weighted by Crippen LogP contribution is 2.33. The predicted molar refractivity (Wildman–Crippen MR) is 219 cm³/mol. The molecule has 1 atom stereocenters. The first kappa shape index (κ1) is 36.9. The first-order valence-electron chi connectivity index (χ1n) is 17.4. The number of rotatable bonds is 14. The zero-order valence-corrected chi connectivity index (χ0v) is 32.4. The average Bonchev–Trinajstić information content (AvgIpc) is 3.80. The Kier molecular flexibility index (Phi) is 11.7. The lowest BCUT2D eigenvalue weighted by Crippen LogP contribution is -2.30. The number of aryl methyl sites for hydroxylation is 2. The molecule has 2 heterocycles. The van der Waals surface area contributed by atoms with E-state index >= 15 is 0 Å². The second-order valence-electron chi connectivity index (χ2n) is 12.6. The van der Waals surface area contributed by atoms with Crippen molar-refractivity contribution in [3.8, 4) is 11.4 Å². The molecule has 0 unspecified atom stereocenters. The minimum Gasteiger partial charge on any atom is -0.486 e. The van der Waals surface area contributed by atoms with Gasteiger partial charge in [-0.05, 0) is 85.5 Å². The van der Waals surface area contributed by atoms with Crippen molar-refractivity contribution in [1.82, 2.24) is 25.1 Å². The number of fused-ring (bicyclic) bond motifs is 1. The lowest BCUT2D eigenvalue weighted by atomic mass is 9.99. The van der Waals surface area contributed by atoms with Gasteiger partial charge in [-0.2, -0.15) is 0 Å². The number of nitrogens with zero attached hydrogens (tertiary/aromatic N) is 4. The maximum absolute atomic E-state index is 13.5. The first-order valence-corrected chi connectivity index (χ1v) is 20.1. The summed E-state index contributed by atoms with van der Waals surface area (Å²) in [5.41, 5.74) is 6.74. The zero-order valence-electron chi connectivity index (χ0n) is 29.9. The molecule has 5 aromatic carbocycles. The van der Waals surface area contributed by atoms with Crippen LogP contribution in [0.25, 0.3) is 15.9 Å². The van der Waals surface area contributed by atoms with Crippen molar-refractivity contribution >= 4 is 62.6 Å². The number of benzene rings is 5. The summed E-state index contributed by atoms with van der Waals surface area (Å²) in [6.45, 7) is 6.19. The molecule has 12 heteroatoms. The molecule has 7 aromatic rings. The van der Waals surface area contributed by atoms with E-state index in [-0.39, 0.29) is 30.2 Å². The van der Waals surface area contributed by atoms with Crippen LogP contribution in [0.15, 0.2) is 137 Å². The fourth-order valence-corrected chi connectivity index (χ4v) is 8.54. The third-order valence-corrected chi connectivity index (χ3v) is 12.0. The van der Waals surface area contributed by atoms with Crippen LogP contribution in [0, 0.1) is 13.8 Å². The van der Waals surface area contributed by atoms with Gasteiger partial charge in [-0.1, -0.05) is 108 Å². The Morgan fingerprint density at radius 2 is 1.50 bits per heavy atom. The van der Waals surface area contributed by atoms with E-state index in [2.05, 4.69) is 34.7 Å². The molecule has 2 amide bonds. The van der Waals surface area contributed by atoms with E-state index in [1.807, 2.05) is 139 Å². The van der Waals surface area contributed by atoms with Crippen LogP contribution in [0.5, 0.6) is 5.75 Å². The SMILES string of the molecule is Cc1ccc(OCc2nnc(S[C@@H](C)C(=O)Nc3ccc4nc(SCC(=O)NC(c5ccccc5)c5ccccc5)sc4c3)n2-c2ccccc2)cc1C. The number of thioether (sulfide) groups is 2. The molecule has 0 saturated heterocycles. The van der Waals surface area contributed by atoms with E-state index in [9.17, 15) is 9.59 Å². The maximum Gasteiger partial charge on any atom is 0.237 e.